The number of ether oxygens (including phenoxy) is 1. The molecule has 0 aromatic carbocycles. The molecule has 0 fully saturated rings. The summed E-state index contributed by atoms with van der Waals surface area (Å²) in [6.45, 7) is 9.82. The second kappa shape index (κ2) is 25.0. The average molecular weight is 456 g/mol. The number of hydrogen-bond donors (Lipinski definition) is 1. The Morgan fingerprint density at radius 3 is 1.69 bits per heavy atom. The Labute approximate surface area is 200 Å². The molecule has 0 aromatic rings. The Morgan fingerprint density at radius 2 is 1.16 bits per heavy atom. The summed E-state index contributed by atoms with van der Waals surface area (Å²) in [5.74, 6) is -0.0135. The third kappa shape index (κ3) is 22.6. The van der Waals surface area contributed by atoms with Crippen molar-refractivity contribution in [2.75, 3.05) is 26.2 Å². The van der Waals surface area contributed by atoms with Gasteiger partial charge in [-0.05, 0) is 52.1 Å². The molecule has 1 atom stereocenters. The highest BCUT2D eigenvalue weighted by atomic mass is 16.5. The fourth-order valence-corrected chi connectivity index (χ4v) is 4.28. The number of rotatable bonds is 25. The fraction of sp³-hybridized carbons (Fsp3) is 0.964. The summed E-state index contributed by atoms with van der Waals surface area (Å²) in [7, 11) is 0. The maximum absolute atomic E-state index is 12.0. The van der Waals surface area contributed by atoms with Gasteiger partial charge < -0.3 is 14.7 Å². The number of esters is 1. The van der Waals surface area contributed by atoms with Gasteiger partial charge >= 0.3 is 5.97 Å². The zero-order chi connectivity index (χ0) is 23.7. The summed E-state index contributed by atoms with van der Waals surface area (Å²) in [5.41, 5.74) is 0. The van der Waals surface area contributed by atoms with Crippen LogP contribution in [0.4, 0.5) is 0 Å². The van der Waals surface area contributed by atoms with Crippen LogP contribution >= 0.6 is 0 Å². The minimum atomic E-state index is -0.0135. The van der Waals surface area contributed by atoms with Crippen LogP contribution in [0.5, 0.6) is 0 Å². The molecule has 0 saturated carbocycles. The van der Waals surface area contributed by atoms with E-state index in [1.165, 1.54) is 89.9 Å². The average Bonchev–Trinajstić information content (AvgIpc) is 2.77. The van der Waals surface area contributed by atoms with Crippen LogP contribution in [-0.2, 0) is 9.53 Å². The van der Waals surface area contributed by atoms with Crippen molar-refractivity contribution in [2.24, 2.45) is 0 Å². The van der Waals surface area contributed by atoms with Crippen molar-refractivity contribution in [3.63, 3.8) is 0 Å². The molecule has 1 unspecified atom stereocenters. The van der Waals surface area contributed by atoms with Crippen molar-refractivity contribution in [1.29, 1.82) is 0 Å². The van der Waals surface area contributed by atoms with Crippen molar-refractivity contribution in [1.82, 2.24) is 4.90 Å². The number of unbranched alkanes of at least 4 members (excludes halogenated alkanes) is 14. The van der Waals surface area contributed by atoms with E-state index in [1.807, 2.05) is 6.92 Å². The number of hydrogen-bond acceptors (Lipinski definition) is 4. The largest absolute Gasteiger partial charge is 0.463 e. The smallest absolute Gasteiger partial charge is 0.306 e. The normalized spacial score (nSPS) is 12.4. The van der Waals surface area contributed by atoms with Crippen molar-refractivity contribution >= 4 is 5.97 Å². The van der Waals surface area contributed by atoms with Crippen LogP contribution in [-0.4, -0.2) is 48.3 Å². The zero-order valence-electron chi connectivity index (χ0n) is 22.1. The third-order valence-corrected chi connectivity index (χ3v) is 6.40. The molecule has 0 aromatic heterocycles. The summed E-state index contributed by atoms with van der Waals surface area (Å²) in [6, 6.07) is 0. The molecule has 0 aliphatic heterocycles. The van der Waals surface area contributed by atoms with Gasteiger partial charge in [0.2, 0.25) is 0 Å². The molecular formula is C28H57NO3. The number of carbonyl (C=O) groups is 1. The van der Waals surface area contributed by atoms with Gasteiger partial charge in [-0.15, -0.1) is 0 Å². The Kier molecular flexibility index (Phi) is 24.5. The number of carbonyl (C=O) groups excluding carboxylic acids is 1. The first-order valence-corrected chi connectivity index (χ1v) is 14.2. The lowest BCUT2D eigenvalue weighted by atomic mass is 10.1. The molecule has 0 radical (unpaired) electrons. The molecule has 0 amide bonds. The fourth-order valence-electron chi connectivity index (χ4n) is 4.28. The Bertz CT molecular complexity index is 389. The van der Waals surface area contributed by atoms with Gasteiger partial charge in [-0.2, -0.15) is 0 Å². The van der Waals surface area contributed by atoms with Crippen LogP contribution in [0.2, 0.25) is 0 Å². The van der Waals surface area contributed by atoms with Gasteiger partial charge in [0.25, 0.3) is 0 Å². The molecule has 4 nitrogen and oxygen atoms in total. The predicted octanol–water partition coefficient (Wildman–Crippen LogP) is 7.66. The molecule has 0 aliphatic carbocycles. The minimum Gasteiger partial charge on any atom is -0.463 e. The van der Waals surface area contributed by atoms with Crippen LogP contribution in [0.25, 0.3) is 0 Å². The number of aliphatic hydroxyl groups excluding tert-OH is 1. The summed E-state index contributed by atoms with van der Waals surface area (Å²) >= 11 is 0. The summed E-state index contributed by atoms with van der Waals surface area (Å²) in [5, 5.41) is 9.31. The maximum atomic E-state index is 12.0. The van der Waals surface area contributed by atoms with Crippen molar-refractivity contribution in [3.8, 4) is 0 Å². The van der Waals surface area contributed by atoms with Gasteiger partial charge in [0, 0.05) is 13.0 Å². The van der Waals surface area contributed by atoms with Gasteiger partial charge in [-0.3, -0.25) is 4.79 Å². The molecule has 32 heavy (non-hydrogen) atoms. The van der Waals surface area contributed by atoms with Gasteiger partial charge in [0.05, 0.1) is 12.7 Å². The minimum absolute atomic E-state index is 0.0135. The molecule has 0 rings (SSSR count). The molecule has 192 valence electrons. The predicted molar refractivity (Wildman–Crippen MR) is 138 cm³/mol. The van der Waals surface area contributed by atoms with E-state index >= 15 is 0 Å². The third-order valence-electron chi connectivity index (χ3n) is 6.40. The van der Waals surface area contributed by atoms with Crippen LogP contribution in [0.1, 0.15) is 143 Å². The Hall–Kier alpha value is -0.610. The molecule has 0 saturated heterocycles. The molecule has 0 bridgehead atoms. The topological polar surface area (TPSA) is 49.8 Å². The maximum Gasteiger partial charge on any atom is 0.306 e. The molecule has 4 heteroatoms. The lowest BCUT2D eigenvalue weighted by Gasteiger charge is -2.21. The van der Waals surface area contributed by atoms with E-state index in [2.05, 4.69) is 18.7 Å². The first-order valence-electron chi connectivity index (χ1n) is 14.2. The van der Waals surface area contributed by atoms with Crippen LogP contribution in [0.15, 0.2) is 0 Å². The molecule has 1 N–H and O–H groups in total. The highest BCUT2D eigenvalue weighted by Crippen LogP contribution is 2.13. The van der Waals surface area contributed by atoms with E-state index in [-0.39, 0.29) is 18.7 Å². The van der Waals surface area contributed by atoms with E-state index in [0.29, 0.717) is 6.42 Å². The van der Waals surface area contributed by atoms with E-state index in [9.17, 15) is 9.90 Å². The van der Waals surface area contributed by atoms with E-state index in [1.54, 1.807) is 0 Å². The molecule has 0 spiro atoms. The van der Waals surface area contributed by atoms with E-state index in [0.717, 1.165) is 45.3 Å². The van der Waals surface area contributed by atoms with Crippen LogP contribution < -0.4 is 0 Å². The zero-order valence-corrected chi connectivity index (χ0v) is 22.1. The molecule has 0 heterocycles. The first-order chi connectivity index (χ1) is 15.6. The van der Waals surface area contributed by atoms with Crippen LogP contribution in [0.3, 0.4) is 0 Å². The highest BCUT2D eigenvalue weighted by molar-refractivity contribution is 5.69. The summed E-state index contributed by atoms with van der Waals surface area (Å²) in [4.78, 5) is 14.4. The lowest BCUT2D eigenvalue weighted by Crippen LogP contribution is -2.29. The van der Waals surface area contributed by atoms with Gasteiger partial charge in [-0.25, -0.2) is 0 Å². The monoisotopic (exact) mass is 455 g/mol. The van der Waals surface area contributed by atoms with E-state index < -0.39 is 0 Å². The second-order valence-corrected chi connectivity index (χ2v) is 9.71. The van der Waals surface area contributed by atoms with Crippen molar-refractivity contribution in [3.05, 3.63) is 0 Å². The lowest BCUT2D eigenvalue weighted by molar-refractivity contribution is -0.148. The highest BCUT2D eigenvalue weighted by Gasteiger charge is 2.09. The van der Waals surface area contributed by atoms with Crippen molar-refractivity contribution in [2.45, 2.75) is 149 Å². The van der Waals surface area contributed by atoms with Gasteiger partial charge in [0.1, 0.15) is 0 Å². The Balaban J connectivity index is 3.61. The molecule has 0 aliphatic rings. The first kappa shape index (κ1) is 31.4. The number of nitrogens with zero attached hydrogens (tertiary/aromatic N) is 1. The quantitative estimate of drug-likeness (QED) is 0.113. The van der Waals surface area contributed by atoms with Gasteiger partial charge in [0.15, 0.2) is 0 Å². The van der Waals surface area contributed by atoms with Gasteiger partial charge in [-0.1, -0.05) is 97.3 Å². The van der Waals surface area contributed by atoms with E-state index in [4.69, 9.17) is 4.74 Å². The van der Waals surface area contributed by atoms with Crippen LogP contribution in [0, 0.1) is 0 Å². The summed E-state index contributed by atoms with van der Waals surface area (Å²) < 4.78 is 5.58. The standard InChI is InChI=1S/C28H57NO3/c1-4-6-8-10-12-13-18-22-28(31)32-27(3)21-17-14-16-20-24-29(25-26-30)23-19-15-11-9-7-5-2/h27,30H,4-26H2,1-3H3. The number of aliphatic hydroxyl groups is 1. The van der Waals surface area contributed by atoms with Crippen molar-refractivity contribution < 1.29 is 14.6 Å². The molecular weight excluding hydrogens is 398 g/mol. The SMILES string of the molecule is CCCCCCCCCC(=O)OC(C)CCCCCCN(CCO)CCCCCCCC. The summed E-state index contributed by atoms with van der Waals surface area (Å²) in [6.07, 6.45) is 22.9. The second-order valence-electron chi connectivity index (χ2n) is 9.71. The Morgan fingerprint density at radius 1 is 0.688 bits per heavy atom.